The van der Waals surface area contributed by atoms with Crippen molar-refractivity contribution < 1.29 is 9.13 Å². The van der Waals surface area contributed by atoms with Crippen LogP contribution in [-0.4, -0.2) is 29.2 Å². The Bertz CT molecular complexity index is 851. The average Bonchev–Trinajstić information content (AvgIpc) is 3.15. The number of hydrogen-bond donors (Lipinski definition) is 0. The number of ether oxygens (including phenoxy) is 1. The van der Waals surface area contributed by atoms with E-state index in [4.69, 9.17) is 4.74 Å². The molecule has 1 aliphatic rings. The predicted molar refractivity (Wildman–Crippen MR) is 89.8 cm³/mol. The Morgan fingerprint density at radius 1 is 1.35 bits per heavy atom. The minimum atomic E-state index is -0.219. The first kappa shape index (κ1) is 14.4. The van der Waals surface area contributed by atoms with Crippen LogP contribution in [-0.2, 0) is 0 Å². The van der Waals surface area contributed by atoms with Gasteiger partial charge in [0.25, 0.3) is 0 Å². The zero-order valence-electron chi connectivity index (χ0n) is 12.7. The van der Waals surface area contributed by atoms with Gasteiger partial charge in [0, 0.05) is 30.9 Å². The van der Waals surface area contributed by atoms with Crippen LogP contribution in [0.4, 0.5) is 9.52 Å². The van der Waals surface area contributed by atoms with Gasteiger partial charge < -0.3 is 9.64 Å². The molecular formula is C17H16FN3OS. The maximum Gasteiger partial charge on any atom is 0.186 e. The quantitative estimate of drug-likeness (QED) is 0.733. The molecule has 1 aliphatic heterocycles. The summed E-state index contributed by atoms with van der Waals surface area (Å²) in [5.74, 6) is 0.668. The lowest BCUT2D eigenvalue weighted by atomic mass is 10.2. The highest BCUT2D eigenvalue weighted by molar-refractivity contribution is 7.22. The maximum absolute atomic E-state index is 13.3. The summed E-state index contributed by atoms with van der Waals surface area (Å²) in [6.07, 6.45) is 4.65. The van der Waals surface area contributed by atoms with Crippen molar-refractivity contribution in [3.8, 4) is 5.75 Å². The number of hydrogen-bond acceptors (Lipinski definition) is 5. The van der Waals surface area contributed by atoms with E-state index in [9.17, 15) is 4.39 Å². The average molecular weight is 329 g/mol. The number of rotatable bonds is 3. The molecule has 0 aliphatic carbocycles. The largest absolute Gasteiger partial charge is 0.488 e. The summed E-state index contributed by atoms with van der Waals surface area (Å²) < 4.78 is 20.3. The van der Waals surface area contributed by atoms with Gasteiger partial charge in [-0.1, -0.05) is 11.3 Å². The van der Waals surface area contributed by atoms with Crippen LogP contribution >= 0.6 is 11.3 Å². The molecule has 1 unspecified atom stereocenters. The number of pyridine rings is 1. The number of halogens is 1. The molecule has 118 valence electrons. The third-order valence-electron chi connectivity index (χ3n) is 4.02. The molecule has 1 aromatic carbocycles. The lowest BCUT2D eigenvalue weighted by Crippen LogP contribution is -2.24. The first-order valence-electron chi connectivity index (χ1n) is 7.57. The molecule has 4 nitrogen and oxygen atoms in total. The van der Waals surface area contributed by atoms with Gasteiger partial charge in [-0.3, -0.25) is 4.98 Å². The number of aryl methyl sites for hydroxylation is 1. The van der Waals surface area contributed by atoms with E-state index in [1.165, 1.54) is 17.4 Å². The Labute approximate surface area is 137 Å². The van der Waals surface area contributed by atoms with Gasteiger partial charge in [0.05, 0.1) is 16.8 Å². The SMILES string of the molecule is Cc1cnccc1OC1CCN(c2nc3ccc(F)cc3s2)C1. The van der Waals surface area contributed by atoms with E-state index in [-0.39, 0.29) is 11.9 Å². The van der Waals surface area contributed by atoms with Crippen molar-refractivity contribution in [2.45, 2.75) is 19.4 Å². The number of nitrogens with zero attached hydrogens (tertiary/aromatic N) is 3. The zero-order valence-corrected chi connectivity index (χ0v) is 13.5. The van der Waals surface area contributed by atoms with E-state index in [1.807, 2.05) is 19.2 Å². The Hall–Kier alpha value is -2.21. The first-order valence-corrected chi connectivity index (χ1v) is 8.39. The predicted octanol–water partition coefficient (Wildman–Crippen LogP) is 3.80. The smallest absolute Gasteiger partial charge is 0.186 e. The van der Waals surface area contributed by atoms with Gasteiger partial charge in [-0.2, -0.15) is 0 Å². The van der Waals surface area contributed by atoms with E-state index in [0.29, 0.717) is 0 Å². The van der Waals surface area contributed by atoms with Crippen LogP contribution in [0, 0.1) is 12.7 Å². The minimum Gasteiger partial charge on any atom is -0.488 e. The second-order valence-electron chi connectivity index (χ2n) is 5.72. The molecule has 1 fully saturated rings. The van der Waals surface area contributed by atoms with Crippen molar-refractivity contribution in [1.29, 1.82) is 0 Å². The summed E-state index contributed by atoms with van der Waals surface area (Å²) in [5.41, 5.74) is 1.89. The summed E-state index contributed by atoms with van der Waals surface area (Å²) in [5, 5.41) is 0.933. The molecular weight excluding hydrogens is 313 g/mol. The Morgan fingerprint density at radius 3 is 3.13 bits per heavy atom. The molecule has 23 heavy (non-hydrogen) atoms. The fourth-order valence-corrected chi connectivity index (χ4v) is 3.82. The fourth-order valence-electron chi connectivity index (χ4n) is 2.79. The van der Waals surface area contributed by atoms with E-state index < -0.39 is 0 Å². The van der Waals surface area contributed by atoms with Crippen LogP contribution in [0.2, 0.25) is 0 Å². The lowest BCUT2D eigenvalue weighted by Gasteiger charge is -2.17. The van der Waals surface area contributed by atoms with E-state index in [2.05, 4.69) is 14.9 Å². The summed E-state index contributed by atoms with van der Waals surface area (Å²) in [4.78, 5) is 10.9. The van der Waals surface area contributed by atoms with Gasteiger partial charge in [-0.05, 0) is 31.2 Å². The summed E-state index contributed by atoms with van der Waals surface area (Å²) >= 11 is 1.53. The van der Waals surface area contributed by atoms with Crippen molar-refractivity contribution in [1.82, 2.24) is 9.97 Å². The zero-order chi connectivity index (χ0) is 15.8. The summed E-state index contributed by atoms with van der Waals surface area (Å²) in [6.45, 7) is 3.69. The molecule has 0 spiro atoms. The molecule has 0 bridgehead atoms. The van der Waals surface area contributed by atoms with Gasteiger partial charge in [0.2, 0.25) is 0 Å². The number of thiazole rings is 1. The number of fused-ring (bicyclic) bond motifs is 1. The van der Waals surface area contributed by atoms with Crippen molar-refractivity contribution in [2.24, 2.45) is 0 Å². The van der Waals surface area contributed by atoms with Crippen LogP contribution in [0.3, 0.4) is 0 Å². The van der Waals surface area contributed by atoms with E-state index in [0.717, 1.165) is 46.2 Å². The molecule has 0 radical (unpaired) electrons. The standard InChI is InChI=1S/C17H16FN3OS/c1-11-9-19-6-4-15(11)22-13-5-7-21(10-13)17-20-14-3-2-12(18)8-16(14)23-17/h2-4,6,8-9,13H,5,7,10H2,1H3. The van der Waals surface area contributed by atoms with E-state index >= 15 is 0 Å². The first-order chi connectivity index (χ1) is 11.2. The normalized spacial score (nSPS) is 17.8. The second kappa shape index (κ2) is 5.77. The van der Waals surface area contributed by atoms with Crippen molar-refractivity contribution in [3.05, 3.63) is 48.0 Å². The molecule has 2 aromatic heterocycles. The topological polar surface area (TPSA) is 38.2 Å². The maximum atomic E-state index is 13.3. The molecule has 1 atom stereocenters. The Morgan fingerprint density at radius 2 is 2.26 bits per heavy atom. The highest BCUT2D eigenvalue weighted by atomic mass is 32.1. The molecule has 3 heterocycles. The van der Waals surface area contributed by atoms with Crippen molar-refractivity contribution in [2.75, 3.05) is 18.0 Å². The monoisotopic (exact) mass is 329 g/mol. The molecule has 1 saturated heterocycles. The van der Waals surface area contributed by atoms with Crippen LogP contribution in [0.5, 0.6) is 5.75 Å². The number of benzene rings is 1. The fraction of sp³-hybridized carbons (Fsp3) is 0.294. The van der Waals surface area contributed by atoms with Crippen molar-refractivity contribution in [3.63, 3.8) is 0 Å². The van der Waals surface area contributed by atoms with Crippen LogP contribution in [0.15, 0.2) is 36.7 Å². The van der Waals surface area contributed by atoms with E-state index in [1.54, 1.807) is 18.3 Å². The Balaban J connectivity index is 1.50. The van der Waals surface area contributed by atoms with Gasteiger partial charge in [0.15, 0.2) is 5.13 Å². The lowest BCUT2D eigenvalue weighted by molar-refractivity contribution is 0.223. The van der Waals surface area contributed by atoms with Gasteiger partial charge in [0.1, 0.15) is 17.7 Å². The van der Waals surface area contributed by atoms with Crippen molar-refractivity contribution >= 4 is 26.7 Å². The summed E-state index contributed by atoms with van der Waals surface area (Å²) in [6, 6.07) is 6.63. The molecule has 4 rings (SSSR count). The Kier molecular flexibility index (Phi) is 3.61. The second-order valence-corrected chi connectivity index (χ2v) is 6.73. The third-order valence-corrected chi connectivity index (χ3v) is 5.10. The van der Waals surface area contributed by atoms with Crippen LogP contribution in [0.1, 0.15) is 12.0 Å². The number of aromatic nitrogens is 2. The number of anilines is 1. The molecule has 3 aromatic rings. The van der Waals surface area contributed by atoms with Gasteiger partial charge in [-0.25, -0.2) is 9.37 Å². The molecule has 0 saturated carbocycles. The molecule has 0 N–H and O–H groups in total. The highest BCUT2D eigenvalue weighted by Crippen LogP contribution is 2.32. The minimum absolute atomic E-state index is 0.139. The molecule has 6 heteroatoms. The van der Waals surface area contributed by atoms with Gasteiger partial charge >= 0.3 is 0 Å². The summed E-state index contributed by atoms with van der Waals surface area (Å²) in [7, 11) is 0. The molecule has 0 amide bonds. The van der Waals surface area contributed by atoms with Gasteiger partial charge in [-0.15, -0.1) is 0 Å². The highest BCUT2D eigenvalue weighted by Gasteiger charge is 2.26. The van der Waals surface area contributed by atoms with Crippen LogP contribution < -0.4 is 9.64 Å². The third kappa shape index (κ3) is 2.86. The van der Waals surface area contributed by atoms with Crippen LogP contribution in [0.25, 0.3) is 10.2 Å².